The Balaban J connectivity index is 1.61. The summed E-state index contributed by atoms with van der Waals surface area (Å²) in [4.78, 5) is 12.3. The molecule has 1 heterocycles. The highest BCUT2D eigenvalue weighted by molar-refractivity contribution is 5.92. The van der Waals surface area contributed by atoms with E-state index < -0.39 is 0 Å². The molecule has 0 spiro atoms. The summed E-state index contributed by atoms with van der Waals surface area (Å²) in [6.45, 7) is 4.45. The maximum atomic E-state index is 12.3. The van der Waals surface area contributed by atoms with Crippen molar-refractivity contribution in [3.8, 4) is 5.75 Å². The van der Waals surface area contributed by atoms with Crippen molar-refractivity contribution in [1.82, 2.24) is 14.8 Å². The molecule has 1 amide bonds. The summed E-state index contributed by atoms with van der Waals surface area (Å²) < 4.78 is 7.55. The van der Waals surface area contributed by atoms with Gasteiger partial charge in [-0.25, -0.2) is 0 Å². The van der Waals surface area contributed by atoms with Crippen molar-refractivity contribution in [3.63, 3.8) is 0 Å². The van der Waals surface area contributed by atoms with E-state index in [4.69, 9.17) is 4.74 Å². The molecule has 0 bridgehead atoms. The van der Waals surface area contributed by atoms with Gasteiger partial charge in [-0.1, -0.05) is 26.0 Å². The van der Waals surface area contributed by atoms with E-state index in [1.54, 1.807) is 7.11 Å². The minimum absolute atomic E-state index is 0.0384. The number of benzene rings is 1. The van der Waals surface area contributed by atoms with Gasteiger partial charge >= 0.3 is 0 Å². The molecule has 0 aliphatic heterocycles. The number of aryl methyl sites for hydroxylation is 2. The van der Waals surface area contributed by atoms with E-state index in [0.717, 1.165) is 24.5 Å². The Kier molecular flexibility index (Phi) is 5.91. The zero-order valence-electron chi connectivity index (χ0n) is 15.9. The standard InChI is InChI=1S/C20H28N4O2/c1-14(2)8-11-18-22-23-19(24(18)15-9-10-15)12-13-20(25)21-16-6-4-5-7-17(16)26-3/h4-7,14-15H,8-13H2,1-3H3,(H,21,25). The number of carbonyl (C=O) groups excluding carboxylic acids is 1. The Bertz CT molecular complexity index is 750. The number of ether oxygens (including phenoxy) is 1. The van der Waals surface area contributed by atoms with Crippen LogP contribution < -0.4 is 10.1 Å². The van der Waals surface area contributed by atoms with Crippen LogP contribution >= 0.6 is 0 Å². The van der Waals surface area contributed by atoms with E-state index in [1.807, 2.05) is 24.3 Å². The van der Waals surface area contributed by atoms with Gasteiger partial charge in [0.25, 0.3) is 0 Å². The van der Waals surface area contributed by atoms with E-state index in [-0.39, 0.29) is 5.91 Å². The first-order valence-corrected chi connectivity index (χ1v) is 9.44. The molecule has 1 aliphatic carbocycles. The molecule has 1 aromatic heterocycles. The van der Waals surface area contributed by atoms with E-state index >= 15 is 0 Å². The smallest absolute Gasteiger partial charge is 0.224 e. The van der Waals surface area contributed by atoms with Gasteiger partial charge in [0.05, 0.1) is 12.8 Å². The molecule has 0 unspecified atom stereocenters. The van der Waals surface area contributed by atoms with Gasteiger partial charge in [0, 0.05) is 25.3 Å². The van der Waals surface area contributed by atoms with Crippen molar-refractivity contribution in [2.45, 2.75) is 58.4 Å². The number of methoxy groups -OCH3 is 1. The van der Waals surface area contributed by atoms with Crippen LogP contribution in [0.2, 0.25) is 0 Å². The molecular weight excluding hydrogens is 328 g/mol. The van der Waals surface area contributed by atoms with Crippen LogP contribution in [0.3, 0.4) is 0 Å². The first-order chi connectivity index (χ1) is 12.6. The molecule has 1 aromatic carbocycles. The number of rotatable bonds is 9. The number of hydrogen-bond acceptors (Lipinski definition) is 4. The lowest BCUT2D eigenvalue weighted by atomic mass is 10.1. The van der Waals surface area contributed by atoms with Crippen molar-refractivity contribution < 1.29 is 9.53 Å². The molecule has 0 saturated heterocycles. The van der Waals surface area contributed by atoms with Gasteiger partial charge in [-0.2, -0.15) is 0 Å². The molecule has 6 heteroatoms. The number of nitrogens with one attached hydrogen (secondary N) is 1. The summed E-state index contributed by atoms with van der Waals surface area (Å²) in [7, 11) is 1.60. The number of aromatic nitrogens is 3. The first-order valence-electron chi connectivity index (χ1n) is 9.44. The number of amides is 1. The normalized spacial score (nSPS) is 13.8. The van der Waals surface area contributed by atoms with E-state index in [0.29, 0.717) is 36.2 Å². The molecule has 0 radical (unpaired) electrons. The maximum absolute atomic E-state index is 12.3. The SMILES string of the molecule is COc1ccccc1NC(=O)CCc1nnc(CCC(C)C)n1C1CC1. The lowest BCUT2D eigenvalue weighted by Crippen LogP contribution is -2.15. The highest BCUT2D eigenvalue weighted by Crippen LogP contribution is 2.37. The monoisotopic (exact) mass is 356 g/mol. The van der Waals surface area contributed by atoms with Gasteiger partial charge in [-0.3, -0.25) is 4.79 Å². The zero-order valence-corrected chi connectivity index (χ0v) is 15.9. The number of anilines is 1. The third kappa shape index (κ3) is 4.62. The topological polar surface area (TPSA) is 69.0 Å². The molecule has 1 saturated carbocycles. The summed E-state index contributed by atoms with van der Waals surface area (Å²) in [5, 5.41) is 11.7. The average Bonchev–Trinajstić information content (AvgIpc) is 3.38. The second-order valence-electron chi connectivity index (χ2n) is 7.31. The van der Waals surface area contributed by atoms with Crippen LogP contribution in [0.5, 0.6) is 5.75 Å². The Morgan fingerprint density at radius 2 is 1.92 bits per heavy atom. The summed E-state index contributed by atoms with van der Waals surface area (Å²) >= 11 is 0. The fraction of sp³-hybridized carbons (Fsp3) is 0.550. The molecule has 1 N–H and O–H groups in total. The van der Waals surface area contributed by atoms with Gasteiger partial charge in [0.1, 0.15) is 17.4 Å². The molecule has 2 aromatic rings. The van der Waals surface area contributed by atoms with Crippen LogP contribution in [0.1, 0.15) is 57.2 Å². The summed E-state index contributed by atoms with van der Waals surface area (Å²) in [5.74, 6) is 3.28. The van der Waals surface area contributed by atoms with Crippen LogP contribution in [-0.4, -0.2) is 27.8 Å². The summed E-state index contributed by atoms with van der Waals surface area (Å²) in [5.41, 5.74) is 0.696. The predicted octanol–water partition coefficient (Wildman–Crippen LogP) is 3.78. The molecule has 3 rings (SSSR count). The van der Waals surface area contributed by atoms with Gasteiger partial charge in [0.2, 0.25) is 5.91 Å². The minimum Gasteiger partial charge on any atom is -0.495 e. The van der Waals surface area contributed by atoms with Crippen LogP contribution in [0.15, 0.2) is 24.3 Å². The molecule has 26 heavy (non-hydrogen) atoms. The van der Waals surface area contributed by atoms with Crippen molar-refractivity contribution in [3.05, 3.63) is 35.9 Å². The molecule has 140 valence electrons. The molecule has 6 nitrogen and oxygen atoms in total. The quantitative estimate of drug-likeness (QED) is 0.742. The second kappa shape index (κ2) is 8.34. The average molecular weight is 356 g/mol. The summed E-state index contributed by atoms with van der Waals surface area (Å²) in [6.07, 6.45) is 5.42. The lowest BCUT2D eigenvalue weighted by Gasteiger charge is -2.11. The fourth-order valence-corrected chi connectivity index (χ4v) is 3.06. The van der Waals surface area contributed by atoms with E-state index in [9.17, 15) is 4.79 Å². The minimum atomic E-state index is -0.0384. The Labute approximate surface area is 155 Å². The third-order valence-corrected chi connectivity index (χ3v) is 4.65. The predicted molar refractivity (Wildman–Crippen MR) is 101 cm³/mol. The largest absolute Gasteiger partial charge is 0.495 e. The Hall–Kier alpha value is -2.37. The number of para-hydroxylation sites is 2. The third-order valence-electron chi connectivity index (χ3n) is 4.65. The van der Waals surface area contributed by atoms with E-state index in [1.165, 1.54) is 12.8 Å². The molecule has 1 aliphatic rings. The Morgan fingerprint density at radius 3 is 2.58 bits per heavy atom. The number of hydrogen-bond donors (Lipinski definition) is 1. The molecule has 1 fully saturated rings. The first kappa shape index (κ1) is 18.4. The van der Waals surface area contributed by atoms with Crippen molar-refractivity contribution in [2.75, 3.05) is 12.4 Å². The van der Waals surface area contributed by atoms with Crippen molar-refractivity contribution in [1.29, 1.82) is 0 Å². The van der Waals surface area contributed by atoms with Gasteiger partial charge in [-0.15, -0.1) is 10.2 Å². The van der Waals surface area contributed by atoms with Crippen LogP contribution in [0.4, 0.5) is 5.69 Å². The lowest BCUT2D eigenvalue weighted by molar-refractivity contribution is -0.116. The summed E-state index contributed by atoms with van der Waals surface area (Å²) in [6, 6.07) is 7.96. The maximum Gasteiger partial charge on any atom is 0.224 e. The number of carbonyl (C=O) groups is 1. The van der Waals surface area contributed by atoms with Crippen molar-refractivity contribution >= 4 is 11.6 Å². The van der Waals surface area contributed by atoms with Crippen molar-refractivity contribution in [2.24, 2.45) is 5.92 Å². The number of nitrogens with zero attached hydrogens (tertiary/aromatic N) is 3. The molecule has 0 atom stereocenters. The van der Waals surface area contributed by atoms with Crippen LogP contribution in [0.25, 0.3) is 0 Å². The fourth-order valence-electron chi connectivity index (χ4n) is 3.06. The van der Waals surface area contributed by atoms with Gasteiger partial charge in [0.15, 0.2) is 0 Å². The Morgan fingerprint density at radius 1 is 1.23 bits per heavy atom. The van der Waals surface area contributed by atoms with E-state index in [2.05, 4.69) is 33.9 Å². The molecular formula is C20H28N4O2. The highest BCUT2D eigenvalue weighted by atomic mass is 16.5. The zero-order chi connectivity index (χ0) is 18.5. The van der Waals surface area contributed by atoms with Crippen LogP contribution in [0, 0.1) is 5.92 Å². The highest BCUT2D eigenvalue weighted by Gasteiger charge is 2.29. The van der Waals surface area contributed by atoms with Crippen LogP contribution in [-0.2, 0) is 17.6 Å². The van der Waals surface area contributed by atoms with Gasteiger partial charge in [-0.05, 0) is 37.3 Å². The second-order valence-corrected chi connectivity index (χ2v) is 7.31. The van der Waals surface area contributed by atoms with Gasteiger partial charge < -0.3 is 14.6 Å².